The normalized spacial score (nSPS) is 14.0. The minimum absolute atomic E-state index is 0.161. The van der Waals surface area contributed by atoms with E-state index in [1.165, 1.54) is 22.4 Å². The Balaban J connectivity index is 1.25. The minimum Gasteiger partial charge on any atom is -0.368 e. The van der Waals surface area contributed by atoms with E-state index in [4.69, 9.17) is 4.98 Å². The van der Waals surface area contributed by atoms with E-state index in [1.54, 1.807) is 11.3 Å². The maximum absolute atomic E-state index is 13.1. The maximum Gasteiger partial charge on any atom is 0.242 e. The van der Waals surface area contributed by atoms with E-state index >= 15 is 0 Å². The summed E-state index contributed by atoms with van der Waals surface area (Å²) >= 11 is 1.62. The van der Waals surface area contributed by atoms with Crippen LogP contribution in [0.15, 0.2) is 66.2 Å². The van der Waals surface area contributed by atoms with Crippen LogP contribution in [0.2, 0.25) is 0 Å². The Bertz CT molecular complexity index is 1300. The average Bonchev–Trinajstić information content (AvgIpc) is 3.51. The molecule has 5 nitrogen and oxygen atoms in total. The molecule has 3 heterocycles. The SMILES string of the molecule is Cc1ccc(-c2csc(-c3cccn3CC(=O)N3CCN(c4cccc(C)c4C)CC3)n2)cc1. The van der Waals surface area contributed by atoms with Crippen molar-refractivity contribution in [2.24, 2.45) is 0 Å². The van der Waals surface area contributed by atoms with Gasteiger partial charge in [0.2, 0.25) is 5.91 Å². The molecule has 6 heteroatoms. The van der Waals surface area contributed by atoms with Crippen LogP contribution in [0, 0.1) is 20.8 Å². The molecule has 0 unspecified atom stereocenters. The van der Waals surface area contributed by atoms with E-state index in [0.717, 1.165) is 48.1 Å². The van der Waals surface area contributed by atoms with Crippen molar-refractivity contribution in [1.82, 2.24) is 14.5 Å². The van der Waals surface area contributed by atoms with Gasteiger partial charge in [-0.05, 0) is 50.1 Å². The van der Waals surface area contributed by atoms with Crippen molar-refractivity contribution >= 4 is 22.9 Å². The fraction of sp³-hybridized carbons (Fsp3) is 0.286. The van der Waals surface area contributed by atoms with E-state index in [9.17, 15) is 4.79 Å². The van der Waals surface area contributed by atoms with Gasteiger partial charge in [-0.3, -0.25) is 4.79 Å². The van der Waals surface area contributed by atoms with Crippen LogP contribution in [0.1, 0.15) is 16.7 Å². The van der Waals surface area contributed by atoms with Crippen molar-refractivity contribution in [3.05, 3.63) is 82.9 Å². The largest absolute Gasteiger partial charge is 0.368 e. The lowest BCUT2D eigenvalue weighted by molar-refractivity contribution is -0.132. The summed E-state index contributed by atoms with van der Waals surface area (Å²) in [5.41, 5.74) is 8.24. The van der Waals surface area contributed by atoms with Gasteiger partial charge in [0.15, 0.2) is 0 Å². The predicted octanol–water partition coefficient (Wildman–Crippen LogP) is 5.55. The van der Waals surface area contributed by atoms with Crippen LogP contribution in [0.3, 0.4) is 0 Å². The molecule has 1 aliphatic rings. The van der Waals surface area contributed by atoms with Crippen LogP contribution >= 0.6 is 11.3 Å². The molecule has 0 bridgehead atoms. The van der Waals surface area contributed by atoms with Crippen molar-refractivity contribution in [2.45, 2.75) is 27.3 Å². The Hall–Kier alpha value is -3.38. The van der Waals surface area contributed by atoms with Gasteiger partial charge in [0.05, 0.1) is 11.4 Å². The summed E-state index contributed by atoms with van der Waals surface area (Å²) in [6, 6.07) is 18.9. The van der Waals surface area contributed by atoms with E-state index in [1.807, 2.05) is 27.8 Å². The Morgan fingerprint density at radius 3 is 2.47 bits per heavy atom. The van der Waals surface area contributed by atoms with Gasteiger partial charge in [0.1, 0.15) is 11.6 Å². The molecule has 2 aromatic carbocycles. The third kappa shape index (κ3) is 4.50. The second-order valence-corrected chi connectivity index (χ2v) is 9.87. The van der Waals surface area contributed by atoms with Crippen molar-refractivity contribution in [3.63, 3.8) is 0 Å². The fourth-order valence-electron chi connectivity index (χ4n) is 4.52. The number of piperazine rings is 1. The van der Waals surface area contributed by atoms with Gasteiger partial charge in [-0.25, -0.2) is 4.98 Å². The highest BCUT2D eigenvalue weighted by molar-refractivity contribution is 7.13. The number of amides is 1. The van der Waals surface area contributed by atoms with Gasteiger partial charge in [-0.15, -0.1) is 11.3 Å². The number of anilines is 1. The summed E-state index contributed by atoms with van der Waals surface area (Å²) in [6.07, 6.45) is 1.98. The highest BCUT2D eigenvalue weighted by Crippen LogP contribution is 2.30. The Labute approximate surface area is 205 Å². The van der Waals surface area contributed by atoms with Crippen LogP contribution in [-0.4, -0.2) is 46.5 Å². The topological polar surface area (TPSA) is 41.4 Å². The van der Waals surface area contributed by atoms with Crippen LogP contribution in [0.5, 0.6) is 0 Å². The Morgan fingerprint density at radius 2 is 1.71 bits per heavy atom. The van der Waals surface area contributed by atoms with Gasteiger partial charge in [0, 0.05) is 49.0 Å². The van der Waals surface area contributed by atoms with Gasteiger partial charge in [-0.2, -0.15) is 0 Å². The monoisotopic (exact) mass is 470 g/mol. The average molecular weight is 471 g/mol. The van der Waals surface area contributed by atoms with E-state index in [-0.39, 0.29) is 5.91 Å². The number of thiazole rings is 1. The first-order chi connectivity index (χ1) is 16.5. The van der Waals surface area contributed by atoms with Gasteiger partial charge in [0.25, 0.3) is 0 Å². The molecular formula is C28H30N4OS. The standard InChI is InChI=1S/C28H30N4OS/c1-20-9-11-23(12-10-20)24-19-34-28(29-24)26-8-5-13-32(26)18-27(33)31-16-14-30(15-17-31)25-7-4-6-21(2)22(25)3/h4-13,19H,14-18H2,1-3H3. The molecule has 0 N–H and O–H groups in total. The quantitative estimate of drug-likeness (QED) is 0.384. The number of benzene rings is 2. The molecule has 4 aromatic rings. The van der Waals surface area contributed by atoms with E-state index in [2.05, 4.69) is 73.5 Å². The number of aromatic nitrogens is 2. The van der Waals surface area contributed by atoms with Crippen LogP contribution < -0.4 is 4.90 Å². The zero-order valence-corrected chi connectivity index (χ0v) is 20.8. The van der Waals surface area contributed by atoms with E-state index in [0.29, 0.717) is 6.54 Å². The molecule has 34 heavy (non-hydrogen) atoms. The van der Waals surface area contributed by atoms with Crippen LogP contribution in [0.4, 0.5) is 5.69 Å². The smallest absolute Gasteiger partial charge is 0.242 e. The molecule has 0 aliphatic carbocycles. The number of carbonyl (C=O) groups is 1. The van der Waals surface area contributed by atoms with Gasteiger partial charge in [-0.1, -0.05) is 42.0 Å². The highest BCUT2D eigenvalue weighted by Gasteiger charge is 2.23. The molecule has 1 aliphatic heterocycles. The third-order valence-electron chi connectivity index (χ3n) is 6.75. The molecule has 174 valence electrons. The zero-order valence-electron chi connectivity index (χ0n) is 20.0. The molecule has 0 spiro atoms. The van der Waals surface area contributed by atoms with Crippen molar-refractivity contribution < 1.29 is 4.79 Å². The summed E-state index contributed by atoms with van der Waals surface area (Å²) < 4.78 is 2.02. The summed E-state index contributed by atoms with van der Waals surface area (Å²) in [5.74, 6) is 0.161. The number of nitrogens with zero attached hydrogens (tertiary/aromatic N) is 4. The van der Waals surface area contributed by atoms with Gasteiger partial charge >= 0.3 is 0 Å². The van der Waals surface area contributed by atoms with Crippen molar-refractivity contribution in [2.75, 3.05) is 31.1 Å². The summed E-state index contributed by atoms with van der Waals surface area (Å²) in [4.78, 5) is 22.4. The second-order valence-electron chi connectivity index (χ2n) is 9.01. The molecule has 0 atom stereocenters. The molecule has 5 rings (SSSR count). The molecule has 2 aromatic heterocycles. The van der Waals surface area contributed by atoms with Gasteiger partial charge < -0.3 is 14.4 Å². The number of rotatable bonds is 5. The maximum atomic E-state index is 13.1. The lowest BCUT2D eigenvalue weighted by atomic mass is 10.1. The fourth-order valence-corrected chi connectivity index (χ4v) is 5.38. The number of carbonyl (C=O) groups excluding carboxylic acids is 1. The Kier molecular flexibility index (Phi) is 6.24. The molecule has 0 saturated carbocycles. The predicted molar refractivity (Wildman–Crippen MR) is 140 cm³/mol. The van der Waals surface area contributed by atoms with Crippen molar-refractivity contribution in [3.8, 4) is 22.0 Å². The lowest BCUT2D eigenvalue weighted by Crippen LogP contribution is -2.49. The van der Waals surface area contributed by atoms with Crippen LogP contribution in [0.25, 0.3) is 22.0 Å². The first-order valence-electron chi connectivity index (χ1n) is 11.8. The molecule has 0 radical (unpaired) electrons. The zero-order chi connectivity index (χ0) is 23.7. The summed E-state index contributed by atoms with van der Waals surface area (Å²) in [6.45, 7) is 9.98. The molecule has 1 fully saturated rings. The highest BCUT2D eigenvalue weighted by atomic mass is 32.1. The summed E-state index contributed by atoms with van der Waals surface area (Å²) in [5, 5.41) is 3.03. The first kappa shape index (κ1) is 22.4. The molecule has 1 saturated heterocycles. The van der Waals surface area contributed by atoms with Crippen molar-refractivity contribution in [1.29, 1.82) is 0 Å². The Morgan fingerprint density at radius 1 is 0.941 bits per heavy atom. The summed E-state index contributed by atoms with van der Waals surface area (Å²) in [7, 11) is 0. The molecule has 1 amide bonds. The lowest BCUT2D eigenvalue weighted by Gasteiger charge is -2.37. The van der Waals surface area contributed by atoms with Crippen LogP contribution in [-0.2, 0) is 11.3 Å². The molecular weight excluding hydrogens is 440 g/mol. The first-order valence-corrected chi connectivity index (χ1v) is 12.6. The number of hydrogen-bond donors (Lipinski definition) is 0. The van der Waals surface area contributed by atoms with E-state index < -0.39 is 0 Å². The number of aryl methyl sites for hydroxylation is 2. The second kappa shape index (κ2) is 9.47. The minimum atomic E-state index is 0.161. The third-order valence-corrected chi connectivity index (χ3v) is 7.62. The number of hydrogen-bond acceptors (Lipinski definition) is 4.